The van der Waals surface area contributed by atoms with E-state index >= 15 is 0 Å². The molecule has 0 saturated carbocycles. The van der Waals surface area contributed by atoms with Crippen molar-refractivity contribution in [3.05, 3.63) is 58.3 Å². The fourth-order valence-electron chi connectivity index (χ4n) is 2.61. The highest BCUT2D eigenvalue weighted by molar-refractivity contribution is 9.10. The first kappa shape index (κ1) is 13.4. The molecule has 3 rings (SSSR count). The summed E-state index contributed by atoms with van der Waals surface area (Å²) in [6.45, 7) is 2.33. The van der Waals surface area contributed by atoms with Crippen molar-refractivity contribution in [2.24, 2.45) is 0 Å². The number of hydrogen-bond donors (Lipinski definition) is 2. The minimum Gasteiger partial charge on any atom is -0.367 e. The van der Waals surface area contributed by atoms with Gasteiger partial charge >= 0.3 is 0 Å². The Balaban J connectivity index is 1.88. The van der Waals surface area contributed by atoms with Gasteiger partial charge in [0.1, 0.15) is 6.04 Å². The van der Waals surface area contributed by atoms with Gasteiger partial charge in [-0.3, -0.25) is 9.69 Å². The fraction of sp³-hybridized carbons (Fsp3) is 0.267. The molecule has 1 fully saturated rings. The number of carbonyl (C=O) groups is 1. The summed E-state index contributed by atoms with van der Waals surface area (Å²) < 4.78 is 0.995. The second-order valence-corrected chi connectivity index (χ2v) is 5.85. The maximum absolute atomic E-state index is 12.3. The molecule has 2 N–H and O–H groups in total. The number of aromatic nitrogens is 1. The van der Waals surface area contributed by atoms with E-state index in [9.17, 15) is 4.79 Å². The van der Waals surface area contributed by atoms with Crippen LogP contribution in [0.25, 0.3) is 0 Å². The molecule has 0 spiro atoms. The molecule has 2 aromatic rings. The summed E-state index contributed by atoms with van der Waals surface area (Å²) in [5.41, 5.74) is 2.21. The smallest absolute Gasteiger partial charge is 0.242 e. The Morgan fingerprint density at radius 3 is 3.00 bits per heavy atom. The number of nitrogens with zero attached hydrogens (tertiary/aromatic N) is 1. The van der Waals surface area contributed by atoms with Crippen molar-refractivity contribution in [2.45, 2.75) is 12.6 Å². The molecule has 1 aliphatic rings. The molecule has 5 heteroatoms. The number of carbonyl (C=O) groups excluding carboxylic acids is 1. The molecule has 0 radical (unpaired) electrons. The van der Waals surface area contributed by atoms with Crippen LogP contribution in [0.1, 0.15) is 17.2 Å². The van der Waals surface area contributed by atoms with Crippen molar-refractivity contribution in [2.75, 3.05) is 13.1 Å². The SMILES string of the molecule is O=C1NCCN(Cc2cc[nH]c2)[C@H]1c1cccc(Br)c1. The zero-order valence-electron chi connectivity index (χ0n) is 11.0. The maximum atomic E-state index is 12.3. The minimum atomic E-state index is -0.226. The molecule has 104 valence electrons. The van der Waals surface area contributed by atoms with Crippen LogP contribution in [0.3, 0.4) is 0 Å². The van der Waals surface area contributed by atoms with Gasteiger partial charge in [-0.15, -0.1) is 0 Å². The van der Waals surface area contributed by atoms with E-state index in [-0.39, 0.29) is 11.9 Å². The Morgan fingerprint density at radius 2 is 2.25 bits per heavy atom. The van der Waals surface area contributed by atoms with E-state index in [1.54, 1.807) is 0 Å². The molecule has 0 bridgehead atoms. The number of aromatic amines is 1. The number of H-pyrrole nitrogens is 1. The Morgan fingerprint density at radius 1 is 1.35 bits per heavy atom. The second-order valence-electron chi connectivity index (χ2n) is 4.94. The predicted octanol–water partition coefficient (Wildman–Crippen LogP) is 2.45. The monoisotopic (exact) mass is 333 g/mol. The van der Waals surface area contributed by atoms with Gasteiger partial charge in [-0.2, -0.15) is 0 Å². The number of piperazine rings is 1. The molecule has 1 amide bonds. The zero-order chi connectivity index (χ0) is 13.9. The molecule has 0 unspecified atom stereocenters. The lowest BCUT2D eigenvalue weighted by molar-refractivity contribution is -0.129. The summed E-state index contributed by atoms with van der Waals surface area (Å²) in [5.74, 6) is 0.0740. The van der Waals surface area contributed by atoms with Crippen molar-refractivity contribution in [1.82, 2.24) is 15.2 Å². The third-order valence-corrected chi connectivity index (χ3v) is 4.02. The van der Waals surface area contributed by atoms with Gasteiger partial charge < -0.3 is 10.3 Å². The van der Waals surface area contributed by atoms with Crippen molar-refractivity contribution in [3.63, 3.8) is 0 Å². The third kappa shape index (κ3) is 2.78. The van der Waals surface area contributed by atoms with E-state index in [1.807, 2.05) is 42.7 Å². The lowest BCUT2D eigenvalue weighted by Crippen LogP contribution is -2.49. The van der Waals surface area contributed by atoms with Crippen LogP contribution < -0.4 is 5.32 Å². The van der Waals surface area contributed by atoms with Gasteiger partial charge in [0.2, 0.25) is 5.91 Å². The molecule has 1 aromatic carbocycles. The largest absolute Gasteiger partial charge is 0.367 e. The van der Waals surface area contributed by atoms with Crippen molar-refractivity contribution >= 4 is 21.8 Å². The summed E-state index contributed by atoms with van der Waals surface area (Å²) in [5, 5.41) is 2.96. The number of amides is 1. The minimum absolute atomic E-state index is 0.0740. The molecule has 4 nitrogen and oxygen atoms in total. The molecular formula is C15H16BrN3O. The fourth-order valence-corrected chi connectivity index (χ4v) is 3.03. The number of nitrogens with one attached hydrogen (secondary N) is 2. The number of rotatable bonds is 3. The predicted molar refractivity (Wildman–Crippen MR) is 81.1 cm³/mol. The zero-order valence-corrected chi connectivity index (χ0v) is 12.6. The van der Waals surface area contributed by atoms with Crippen LogP contribution in [-0.4, -0.2) is 28.9 Å². The van der Waals surface area contributed by atoms with E-state index in [0.29, 0.717) is 6.54 Å². The molecule has 1 aliphatic heterocycles. The van der Waals surface area contributed by atoms with Crippen molar-refractivity contribution in [1.29, 1.82) is 0 Å². The topological polar surface area (TPSA) is 48.1 Å². The van der Waals surface area contributed by atoms with Crippen LogP contribution in [0.15, 0.2) is 47.2 Å². The van der Waals surface area contributed by atoms with Crippen LogP contribution >= 0.6 is 15.9 Å². The Labute approximate surface area is 126 Å². The van der Waals surface area contributed by atoms with Gasteiger partial charge in [-0.25, -0.2) is 0 Å². The van der Waals surface area contributed by atoms with Crippen LogP contribution in [0, 0.1) is 0 Å². The van der Waals surface area contributed by atoms with Crippen molar-refractivity contribution in [3.8, 4) is 0 Å². The molecule has 20 heavy (non-hydrogen) atoms. The molecule has 1 atom stereocenters. The highest BCUT2D eigenvalue weighted by atomic mass is 79.9. The van der Waals surface area contributed by atoms with Gasteiger partial charge in [0.25, 0.3) is 0 Å². The highest BCUT2D eigenvalue weighted by Crippen LogP contribution is 2.27. The van der Waals surface area contributed by atoms with Crippen LogP contribution in [0.4, 0.5) is 0 Å². The highest BCUT2D eigenvalue weighted by Gasteiger charge is 2.31. The molecule has 0 aliphatic carbocycles. The third-order valence-electron chi connectivity index (χ3n) is 3.52. The van der Waals surface area contributed by atoms with Crippen LogP contribution in [0.5, 0.6) is 0 Å². The maximum Gasteiger partial charge on any atom is 0.242 e. The van der Waals surface area contributed by atoms with Gasteiger partial charge in [-0.1, -0.05) is 28.1 Å². The van der Waals surface area contributed by atoms with E-state index in [0.717, 1.165) is 23.1 Å². The average molecular weight is 334 g/mol. The first-order valence-electron chi connectivity index (χ1n) is 6.63. The van der Waals surface area contributed by atoms with E-state index < -0.39 is 0 Å². The summed E-state index contributed by atoms with van der Waals surface area (Å²) in [6.07, 6.45) is 3.89. The molecular weight excluding hydrogens is 318 g/mol. The summed E-state index contributed by atoms with van der Waals surface area (Å²) >= 11 is 3.47. The standard InChI is InChI=1S/C15H16BrN3O/c16-13-3-1-2-12(8-13)14-15(20)18-6-7-19(14)10-11-4-5-17-9-11/h1-5,8-9,14,17H,6-7,10H2,(H,18,20)/t14-/m0/s1. The quantitative estimate of drug-likeness (QED) is 0.906. The normalized spacial score (nSPS) is 19.9. The van der Waals surface area contributed by atoms with Gasteiger partial charge in [0.15, 0.2) is 0 Å². The molecule has 2 heterocycles. The number of benzene rings is 1. The lowest BCUT2D eigenvalue weighted by Gasteiger charge is -2.35. The first-order chi connectivity index (χ1) is 9.74. The Hall–Kier alpha value is -1.59. The van der Waals surface area contributed by atoms with Crippen LogP contribution in [0.2, 0.25) is 0 Å². The summed E-state index contributed by atoms with van der Waals surface area (Å²) in [4.78, 5) is 17.5. The lowest BCUT2D eigenvalue weighted by atomic mass is 10.0. The number of halogens is 1. The molecule has 1 aromatic heterocycles. The number of hydrogen-bond acceptors (Lipinski definition) is 2. The summed E-state index contributed by atoms with van der Waals surface area (Å²) in [7, 11) is 0. The van der Waals surface area contributed by atoms with Gasteiger partial charge in [-0.05, 0) is 29.3 Å². The average Bonchev–Trinajstić information content (AvgIpc) is 2.92. The Kier molecular flexibility index (Phi) is 3.89. The summed E-state index contributed by atoms with van der Waals surface area (Å²) in [6, 6.07) is 9.78. The Bertz CT molecular complexity index is 597. The first-order valence-corrected chi connectivity index (χ1v) is 7.42. The van der Waals surface area contributed by atoms with E-state index in [1.165, 1.54) is 5.56 Å². The van der Waals surface area contributed by atoms with E-state index in [4.69, 9.17) is 0 Å². The van der Waals surface area contributed by atoms with Crippen molar-refractivity contribution < 1.29 is 4.79 Å². The van der Waals surface area contributed by atoms with Crippen LogP contribution in [-0.2, 0) is 11.3 Å². The van der Waals surface area contributed by atoms with Gasteiger partial charge in [0.05, 0.1) is 0 Å². The van der Waals surface area contributed by atoms with E-state index in [2.05, 4.69) is 31.1 Å². The molecule has 1 saturated heterocycles. The second kappa shape index (κ2) is 5.81. The van der Waals surface area contributed by atoms with Gasteiger partial charge in [0, 0.05) is 36.5 Å².